The zero-order valence-corrected chi connectivity index (χ0v) is 14.9. The van der Waals surface area contributed by atoms with Gasteiger partial charge >= 0.3 is 6.18 Å². The fraction of sp³-hybridized carbons (Fsp3) is 0.333. The summed E-state index contributed by atoms with van der Waals surface area (Å²) in [6.07, 6.45) is -2.68. The smallest absolute Gasteiger partial charge is 0.350 e. The van der Waals surface area contributed by atoms with Crippen LogP contribution < -0.4 is 5.32 Å². The first-order valence-electron chi connectivity index (χ1n) is 8.49. The molecule has 2 heterocycles. The van der Waals surface area contributed by atoms with Gasteiger partial charge in [-0.3, -0.25) is 4.79 Å². The molecule has 0 saturated heterocycles. The molecule has 5 nitrogen and oxygen atoms in total. The highest BCUT2D eigenvalue weighted by Gasteiger charge is 2.35. The van der Waals surface area contributed by atoms with E-state index in [4.69, 9.17) is 0 Å². The summed E-state index contributed by atoms with van der Waals surface area (Å²) in [6.45, 7) is 0.139. The van der Waals surface area contributed by atoms with Gasteiger partial charge in [0.1, 0.15) is 11.5 Å². The Kier molecular flexibility index (Phi) is 4.55. The van der Waals surface area contributed by atoms with Crippen LogP contribution in [0.2, 0.25) is 0 Å². The third-order valence-electron chi connectivity index (χ3n) is 4.20. The van der Waals surface area contributed by atoms with Gasteiger partial charge in [0.2, 0.25) is 0 Å². The Bertz CT molecular complexity index is 965. The molecule has 1 fully saturated rings. The van der Waals surface area contributed by atoms with Gasteiger partial charge in [-0.1, -0.05) is 12.1 Å². The van der Waals surface area contributed by atoms with Gasteiger partial charge in [-0.15, -0.1) is 11.3 Å². The van der Waals surface area contributed by atoms with E-state index in [0.717, 1.165) is 29.1 Å². The summed E-state index contributed by atoms with van der Waals surface area (Å²) in [5, 5.41) is 3.00. The molecule has 0 unspecified atom stereocenters. The lowest BCUT2D eigenvalue weighted by atomic mass is 10.2. The molecule has 9 heteroatoms. The number of nitrogens with zero attached hydrogens (tertiary/aromatic N) is 3. The van der Waals surface area contributed by atoms with Crippen molar-refractivity contribution in [2.75, 3.05) is 6.54 Å². The molecule has 1 aliphatic carbocycles. The number of hydrogen-bond donors (Lipinski definition) is 1. The number of carbonyl (C=O) groups is 1. The molecule has 0 radical (unpaired) electrons. The number of thiazole rings is 1. The van der Waals surface area contributed by atoms with Crippen molar-refractivity contribution in [3.8, 4) is 0 Å². The number of rotatable bonds is 5. The van der Waals surface area contributed by atoms with E-state index in [1.165, 1.54) is 11.3 Å². The number of aromatic nitrogens is 3. The van der Waals surface area contributed by atoms with Gasteiger partial charge in [0.15, 0.2) is 5.01 Å². The number of alkyl halides is 3. The minimum absolute atomic E-state index is 0.0881. The van der Waals surface area contributed by atoms with Gasteiger partial charge < -0.3 is 5.32 Å². The van der Waals surface area contributed by atoms with E-state index in [-0.39, 0.29) is 30.6 Å². The van der Waals surface area contributed by atoms with E-state index >= 15 is 0 Å². The summed E-state index contributed by atoms with van der Waals surface area (Å²) in [6, 6.07) is 8.43. The maximum Gasteiger partial charge on any atom is 0.433 e. The largest absolute Gasteiger partial charge is 0.433 e. The van der Waals surface area contributed by atoms with Crippen LogP contribution in [0.25, 0.3) is 10.2 Å². The fourth-order valence-electron chi connectivity index (χ4n) is 2.70. The van der Waals surface area contributed by atoms with E-state index in [2.05, 4.69) is 20.3 Å². The SMILES string of the molecule is O=C(NCCc1nc(C2CC2)cc(C(F)(F)F)n1)c1nc2ccccc2s1. The second-order valence-electron chi connectivity index (χ2n) is 6.36. The maximum absolute atomic E-state index is 13.0. The van der Waals surface area contributed by atoms with Crippen LogP contribution in [0, 0.1) is 0 Å². The van der Waals surface area contributed by atoms with E-state index in [1.807, 2.05) is 24.3 Å². The topological polar surface area (TPSA) is 67.8 Å². The third-order valence-corrected chi connectivity index (χ3v) is 5.24. The number of halogens is 3. The van der Waals surface area contributed by atoms with E-state index in [9.17, 15) is 18.0 Å². The number of amides is 1. The van der Waals surface area contributed by atoms with E-state index in [1.54, 1.807) is 0 Å². The molecule has 0 atom stereocenters. The Labute approximate surface area is 156 Å². The summed E-state index contributed by atoms with van der Waals surface area (Å²) in [7, 11) is 0. The predicted octanol–water partition coefficient (Wildman–Crippen LogP) is 3.96. The molecular formula is C18H15F3N4OS. The highest BCUT2D eigenvalue weighted by Crippen LogP contribution is 2.40. The average molecular weight is 392 g/mol. The van der Waals surface area contributed by atoms with Crippen LogP contribution in [-0.2, 0) is 12.6 Å². The summed E-state index contributed by atoms with van der Waals surface area (Å²) in [5.74, 6) is -0.174. The van der Waals surface area contributed by atoms with Gasteiger partial charge in [-0.05, 0) is 31.0 Å². The van der Waals surface area contributed by atoms with Gasteiger partial charge in [-0.25, -0.2) is 15.0 Å². The van der Waals surface area contributed by atoms with E-state index < -0.39 is 11.9 Å². The van der Waals surface area contributed by atoms with Crippen molar-refractivity contribution >= 4 is 27.5 Å². The Morgan fingerprint density at radius 2 is 1.96 bits per heavy atom. The zero-order valence-electron chi connectivity index (χ0n) is 14.1. The van der Waals surface area contributed by atoms with Crippen LogP contribution in [0.15, 0.2) is 30.3 Å². The summed E-state index contributed by atoms with van der Waals surface area (Å²) in [5.41, 5.74) is 0.250. The number of hydrogen-bond acceptors (Lipinski definition) is 5. The van der Waals surface area contributed by atoms with Crippen LogP contribution in [0.5, 0.6) is 0 Å². The first-order chi connectivity index (χ1) is 12.9. The van der Waals surface area contributed by atoms with Crippen LogP contribution in [0.4, 0.5) is 13.2 Å². The van der Waals surface area contributed by atoms with Gasteiger partial charge in [0, 0.05) is 24.6 Å². The molecule has 0 aliphatic heterocycles. The predicted molar refractivity (Wildman–Crippen MR) is 94.7 cm³/mol. The Morgan fingerprint density at radius 3 is 2.67 bits per heavy atom. The van der Waals surface area contributed by atoms with Crippen LogP contribution in [-0.4, -0.2) is 27.4 Å². The molecule has 27 heavy (non-hydrogen) atoms. The highest BCUT2D eigenvalue weighted by molar-refractivity contribution is 7.20. The molecule has 1 aromatic carbocycles. The van der Waals surface area contributed by atoms with Gasteiger partial charge in [0.25, 0.3) is 5.91 Å². The van der Waals surface area contributed by atoms with Crippen molar-refractivity contribution in [1.29, 1.82) is 0 Å². The van der Waals surface area contributed by atoms with E-state index in [0.29, 0.717) is 10.7 Å². The molecule has 4 rings (SSSR count). The first kappa shape index (κ1) is 17.8. The molecule has 1 aliphatic rings. The Morgan fingerprint density at radius 1 is 1.19 bits per heavy atom. The van der Waals surface area contributed by atoms with Crippen molar-refractivity contribution in [3.63, 3.8) is 0 Å². The first-order valence-corrected chi connectivity index (χ1v) is 9.30. The monoisotopic (exact) mass is 392 g/mol. The summed E-state index contributed by atoms with van der Waals surface area (Å²) < 4.78 is 40.0. The normalized spacial score (nSPS) is 14.5. The standard InChI is InChI=1S/C18H15F3N4OS/c19-18(20,21)14-9-12(10-5-6-10)23-15(25-14)7-8-22-16(26)17-24-11-3-1-2-4-13(11)27-17/h1-4,9-10H,5-8H2,(H,22,26). The summed E-state index contributed by atoms with van der Waals surface area (Å²) >= 11 is 1.27. The Balaban J connectivity index is 1.43. The van der Waals surface area contributed by atoms with Crippen molar-refractivity contribution in [2.24, 2.45) is 0 Å². The highest BCUT2D eigenvalue weighted by atomic mass is 32.1. The fourth-order valence-corrected chi connectivity index (χ4v) is 3.58. The van der Waals surface area contributed by atoms with Gasteiger partial charge in [0.05, 0.1) is 10.2 Å². The maximum atomic E-state index is 13.0. The van der Waals surface area contributed by atoms with Crippen molar-refractivity contribution in [1.82, 2.24) is 20.3 Å². The molecule has 1 amide bonds. The number of benzene rings is 1. The molecule has 3 aromatic rings. The van der Waals surface area contributed by atoms with Crippen molar-refractivity contribution in [3.05, 3.63) is 52.6 Å². The van der Waals surface area contributed by atoms with Crippen molar-refractivity contribution in [2.45, 2.75) is 31.4 Å². The minimum Gasteiger partial charge on any atom is -0.350 e. The van der Waals surface area contributed by atoms with Crippen molar-refractivity contribution < 1.29 is 18.0 Å². The molecule has 1 N–H and O–H groups in total. The number of nitrogens with one attached hydrogen (secondary N) is 1. The number of fused-ring (bicyclic) bond motifs is 1. The van der Waals surface area contributed by atoms with Crippen LogP contribution in [0.3, 0.4) is 0 Å². The molecule has 0 bridgehead atoms. The zero-order chi connectivity index (χ0) is 19.0. The second kappa shape index (κ2) is 6.88. The molecule has 1 saturated carbocycles. The average Bonchev–Trinajstić information content (AvgIpc) is 3.39. The molecular weight excluding hydrogens is 377 g/mol. The third kappa shape index (κ3) is 4.08. The Hall–Kier alpha value is -2.55. The summed E-state index contributed by atoms with van der Waals surface area (Å²) in [4.78, 5) is 24.3. The lowest BCUT2D eigenvalue weighted by Crippen LogP contribution is -2.26. The number of carbonyl (C=O) groups excluding carboxylic acids is 1. The molecule has 0 spiro atoms. The van der Waals surface area contributed by atoms with Gasteiger partial charge in [-0.2, -0.15) is 13.2 Å². The lowest BCUT2D eigenvalue weighted by Gasteiger charge is -2.10. The van der Waals surface area contributed by atoms with Crippen LogP contribution >= 0.6 is 11.3 Å². The quantitative estimate of drug-likeness (QED) is 0.714. The minimum atomic E-state index is -4.51. The molecule has 2 aromatic heterocycles. The molecule has 140 valence electrons. The lowest BCUT2D eigenvalue weighted by molar-refractivity contribution is -0.141. The van der Waals surface area contributed by atoms with Crippen LogP contribution in [0.1, 0.15) is 45.8 Å². The number of para-hydroxylation sites is 1. The second-order valence-corrected chi connectivity index (χ2v) is 7.39.